The fraction of sp³-hybridized carbons (Fsp3) is 0.0833. The Hall–Kier alpha value is -2.81. The molecule has 0 amide bonds. The highest BCUT2D eigenvalue weighted by Crippen LogP contribution is 2.26. The summed E-state index contributed by atoms with van der Waals surface area (Å²) in [5, 5.41) is 10.5. The Morgan fingerprint density at radius 2 is 2.10 bits per heavy atom. The van der Waals surface area contributed by atoms with Crippen LogP contribution in [0.3, 0.4) is 0 Å². The topological polar surface area (TPSA) is 103 Å². The molecule has 0 aliphatic carbocycles. The molecule has 21 heavy (non-hydrogen) atoms. The van der Waals surface area contributed by atoms with Crippen molar-refractivity contribution < 1.29 is 18.4 Å². The van der Waals surface area contributed by atoms with Gasteiger partial charge in [-0.2, -0.15) is 4.39 Å². The van der Waals surface area contributed by atoms with E-state index in [1.165, 1.54) is 6.20 Å². The smallest absolute Gasteiger partial charge is 0.307 e. The Labute approximate surface area is 117 Å². The molecule has 1 heterocycles. The molecule has 0 saturated carbocycles. The van der Waals surface area contributed by atoms with E-state index >= 15 is 0 Å². The summed E-state index contributed by atoms with van der Waals surface area (Å²) >= 11 is 0. The standard InChI is InChI=1S/C12H10F2N4O3/c13-9-5-12(10(14)4-11(9)18(19)20)21-6-8-3-7(17-15)1-2-16-8/h1-5H,6,15H2,(H,16,17). The third kappa shape index (κ3) is 3.39. The molecule has 0 spiro atoms. The summed E-state index contributed by atoms with van der Waals surface area (Å²) < 4.78 is 32.1. The molecular formula is C12H10F2N4O3. The maximum Gasteiger partial charge on any atom is 0.307 e. The van der Waals surface area contributed by atoms with Crippen molar-refractivity contribution in [2.45, 2.75) is 6.61 Å². The molecule has 0 fully saturated rings. The quantitative estimate of drug-likeness (QED) is 0.497. The summed E-state index contributed by atoms with van der Waals surface area (Å²) in [4.78, 5) is 13.4. The number of halogens is 2. The molecule has 1 aromatic heterocycles. The molecule has 0 unspecified atom stereocenters. The van der Waals surface area contributed by atoms with Crippen LogP contribution in [0.4, 0.5) is 20.2 Å². The summed E-state index contributed by atoms with van der Waals surface area (Å²) in [6.45, 7) is -0.149. The Kier molecular flexibility index (Phi) is 4.24. The molecule has 9 heteroatoms. The van der Waals surface area contributed by atoms with Crippen LogP contribution >= 0.6 is 0 Å². The number of anilines is 1. The minimum Gasteiger partial charge on any atom is -0.484 e. The number of nitrogen functional groups attached to an aromatic ring is 1. The predicted molar refractivity (Wildman–Crippen MR) is 69.4 cm³/mol. The number of nitrogens with one attached hydrogen (secondary N) is 1. The van der Waals surface area contributed by atoms with Gasteiger partial charge >= 0.3 is 5.69 Å². The van der Waals surface area contributed by atoms with Crippen LogP contribution in [0.1, 0.15) is 5.69 Å². The zero-order valence-corrected chi connectivity index (χ0v) is 10.5. The third-order valence-electron chi connectivity index (χ3n) is 2.56. The van der Waals surface area contributed by atoms with Crippen molar-refractivity contribution in [3.8, 4) is 5.75 Å². The number of pyridine rings is 1. The molecule has 0 aliphatic heterocycles. The summed E-state index contributed by atoms with van der Waals surface area (Å²) in [7, 11) is 0. The van der Waals surface area contributed by atoms with Gasteiger partial charge in [-0.3, -0.25) is 20.9 Å². The van der Waals surface area contributed by atoms with Crippen molar-refractivity contribution in [3.05, 3.63) is 57.9 Å². The van der Waals surface area contributed by atoms with Crippen LogP contribution in [0.2, 0.25) is 0 Å². The summed E-state index contributed by atoms with van der Waals surface area (Å²) in [5.41, 5.74) is 2.44. The Morgan fingerprint density at radius 1 is 1.33 bits per heavy atom. The number of rotatable bonds is 5. The maximum atomic E-state index is 13.6. The van der Waals surface area contributed by atoms with E-state index in [2.05, 4.69) is 10.4 Å². The van der Waals surface area contributed by atoms with E-state index in [1.54, 1.807) is 12.1 Å². The van der Waals surface area contributed by atoms with E-state index < -0.39 is 28.0 Å². The lowest BCUT2D eigenvalue weighted by atomic mass is 10.2. The fourth-order valence-electron chi connectivity index (χ4n) is 1.57. The van der Waals surface area contributed by atoms with Gasteiger partial charge in [-0.1, -0.05) is 0 Å². The second-order valence-electron chi connectivity index (χ2n) is 3.96. The Morgan fingerprint density at radius 3 is 2.76 bits per heavy atom. The van der Waals surface area contributed by atoms with E-state index in [-0.39, 0.29) is 6.61 Å². The largest absolute Gasteiger partial charge is 0.484 e. The van der Waals surface area contributed by atoms with Gasteiger partial charge in [0.1, 0.15) is 6.61 Å². The van der Waals surface area contributed by atoms with Crippen molar-refractivity contribution >= 4 is 11.4 Å². The van der Waals surface area contributed by atoms with Crippen molar-refractivity contribution in [1.29, 1.82) is 0 Å². The van der Waals surface area contributed by atoms with Gasteiger partial charge in [-0.05, 0) is 12.1 Å². The van der Waals surface area contributed by atoms with E-state index in [0.717, 1.165) is 0 Å². The van der Waals surface area contributed by atoms with Crippen molar-refractivity contribution in [2.24, 2.45) is 5.84 Å². The lowest BCUT2D eigenvalue weighted by Crippen LogP contribution is -2.08. The van der Waals surface area contributed by atoms with Crippen molar-refractivity contribution in [3.63, 3.8) is 0 Å². The van der Waals surface area contributed by atoms with E-state index in [0.29, 0.717) is 23.5 Å². The molecule has 0 bridgehead atoms. The lowest BCUT2D eigenvalue weighted by molar-refractivity contribution is -0.387. The minimum atomic E-state index is -1.18. The van der Waals surface area contributed by atoms with Crippen LogP contribution in [-0.4, -0.2) is 9.91 Å². The zero-order valence-electron chi connectivity index (χ0n) is 10.5. The van der Waals surface area contributed by atoms with Crippen LogP contribution in [-0.2, 0) is 6.61 Å². The first-order valence-corrected chi connectivity index (χ1v) is 5.69. The van der Waals surface area contributed by atoms with E-state index in [9.17, 15) is 18.9 Å². The van der Waals surface area contributed by atoms with Crippen LogP contribution in [0.15, 0.2) is 30.5 Å². The van der Waals surface area contributed by atoms with Crippen molar-refractivity contribution in [1.82, 2.24) is 4.98 Å². The number of nitrogens with two attached hydrogens (primary N) is 1. The molecule has 1 aromatic carbocycles. The third-order valence-corrected chi connectivity index (χ3v) is 2.56. The molecular weight excluding hydrogens is 286 g/mol. The van der Waals surface area contributed by atoms with Gasteiger partial charge in [0, 0.05) is 12.3 Å². The second-order valence-corrected chi connectivity index (χ2v) is 3.96. The lowest BCUT2D eigenvalue weighted by Gasteiger charge is -2.08. The summed E-state index contributed by atoms with van der Waals surface area (Å²) in [5.74, 6) is 2.57. The fourth-order valence-corrected chi connectivity index (χ4v) is 1.57. The SMILES string of the molecule is NNc1ccnc(COc2cc(F)c([N+](=O)[O-])cc2F)c1. The molecule has 2 aromatic rings. The van der Waals surface area contributed by atoms with Gasteiger partial charge in [0.05, 0.1) is 22.4 Å². The van der Waals surface area contributed by atoms with Gasteiger partial charge in [0.15, 0.2) is 11.6 Å². The van der Waals surface area contributed by atoms with Crippen LogP contribution in [0, 0.1) is 21.7 Å². The number of hydrazine groups is 1. The average molecular weight is 296 g/mol. The number of nitrogens with zero attached hydrogens (tertiary/aromatic N) is 2. The summed E-state index contributed by atoms with van der Waals surface area (Å²) in [6, 6.07) is 4.25. The van der Waals surface area contributed by atoms with Gasteiger partial charge in [0.2, 0.25) is 5.82 Å². The highest BCUT2D eigenvalue weighted by Gasteiger charge is 2.19. The monoisotopic (exact) mass is 296 g/mol. The number of aromatic nitrogens is 1. The van der Waals surface area contributed by atoms with Gasteiger partial charge in [-0.15, -0.1) is 0 Å². The summed E-state index contributed by atoms with van der Waals surface area (Å²) in [6.07, 6.45) is 1.46. The van der Waals surface area contributed by atoms with Gasteiger partial charge in [-0.25, -0.2) is 4.39 Å². The van der Waals surface area contributed by atoms with Crippen LogP contribution in [0.25, 0.3) is 0 Å². The number of ether oxygens (including phenoxy) is 1. The Bertz CT molecular complexity index is 682. The molecule has 2 rings (SSSR count). The Balaban J connectivity index is 2.16. The second kappa shape index (κ2) is 6.09. The van der Waals surface area contributed by atoms with Crippen LogP contribution in [0.5, 0.6) is 5.75 Å². The molecule has 110 valence electrons. The number of nitro groups is 1. The minimum absolute atomic E-state index is 0.149. The highest BCUT2D eigenvalue weighted by atomic mass is 19.1. The number of nitro benzene ring substituents is 1. The molecule has 0 radical (unpaired) electrons. The molecule has 3 N–H and O–H groups in total. The molecule has 0 aliphatic rings. The van der Waals surface area contributed by atoms with Gasteiger partial charge < -0.3 is 10.2 Å². The molecule has 0 atom stereocenters. The molecule has 7 nitrogen and oxygen atoms in total. The van der Waals surface area contributed by atoms with E-state index in [4.69, 9.17) is 10.6 Å². The van der Waals surface area contributed by atoms with Gasteiger partial charge in [0.25, 0.3) is 0 Å². The number of hydrogen-bond acceptors (Lipinski definition) is 6. The first kappa shape index (κ1) is 14.6. The normalized spacial score (nSPS) is 10.2. The average Bonchev–Trinajstić information content (AvgIpc) is 2.47. The number of benzene rings is 1. The van der Waals surface area contributed by atoms with E-state index in [1.807, 2.05) is 0 Å². The highest BCUT2D eigenvalue weighted by molar-refractivity contribution is 5.42. The predicted octanol–water partition coefficient (Wildman–Crippen LogP) is 2.13. The molecule has 0 saturated heterocycles. The van der Waals surface area contributed by atoms with Crippen molar-refractivity contribution in [2.75, 3.05) is 5.43 Å². The first-order chi connectivity index (χ1) is 10.0. The first-order valence-electron chi connectivity index (χ1n) is 5.69. The van der Waals surface area contributed by atoms with Crippen LogP contribution < -0.4 is 16.0 Å². The maximum absolute atomic E-state index is 13.6. The number of hydrogen-bond donors (Lipinski definition) is 2. The zero-order chi connectivity index (χ0) is 15.4.